The number of carbonyl (C=O) groups is 2. The van der Waals surface area contributed by atoms with Crippen LogP contribution in [0.2, 0.25) is 0 Å². The predicted molar refractivity (Wildman–Crippen MR) is 64.4 cm³/mol. The van der Waals surface area contributed by atoms with Gasteiger partial charge in [-0.25, -0.2) is 0 Å². The summed E-state index contributed by atoms with van der Waals surface area (Å²) in [5.74, 6) is 0.662. The SMILES string of the molecule is CN(CC1CCNCC1)C(=O)C1CCC(=O)N1. The average Bonchev–Trinajstić information content (AvgIpc) is 2.76. The van der Waals surface area contributed by atoms with Crippen molar-refractivity contribution in [3.63, 3.8) is 0 Å². The van der Waals surface area contributed by atoms with Crippen LogP contribution >= 0.6 is 0 Å². The zero-order valence-corrected chi connectivity index (χ0v) is 10.4. The van der Waals surface area contributed by atoms with Crippen LogP contribution in [0.15, 0.2) is 0 Å². The van der Waals surface area contributed by atoms with E-state index < -0.39 is 0 Å². The van der Waals surface area contributed by atoms with Gasteiger partial charge in [0.25, 0.3) is 0 Å². The smallest absolute Gasteiger partial charge is 0.244 e. The zero-order chi connectivity index (χ0) is 12.3. The fourth-order valence-electron chi connectivity index (χ4n) is 2.61. The summed E-state index contributed by atoms with van der Waals surface area (Å²) in [5, 5.41) is 6.05. The van der Waals surface area contributed by atoms with Crippen LogP contribution in [0.1, 0.15) is 25.7 Å². The minimum Gasteiger partial charge on any atom is -0.344 e. The van der Waals surface area contributed by atoms with E-state index in [1.54, 1.807) is 4.90 Å². The molecule has 96 valence electrons. The molecule has 0 aromatic rings. The van der Waals surface area contributed by atoms with E-state index in [0.29, 0.717) is 18.8 Å². The Morgan fingerprint density at radius 2 is 2.06 bits per heavy atom. The molecule has 0 bridgehead atoms. The third kappa shape index (κ3) is 3.19. The number of nitrogens with zero attached hydrogens (tertiary/aromatic N) is 1. The van der Waals surface area contributed by atoms with Gasteiger partial charge in [0, 0.05) is 20.0 Å². The first-order valence-corrected chi connectivity index (χ1v) is 6.42. The van der Waals surface area contributed by atoms with Crippen LogP contribution in [-0.4, -0.2) is 49.4 Å². The third-order valence-corrected chi connectivity index (χ3v) is 3.66. The topological polar surface area (TPSA) is 61.4 Å². The number of piperidine rings is 1. The molecule has 1 atom stereocenters. The van der Waals surface area contributed by atoms with Gasteiger partial charge in [-0.15, -0.1) is 0 Å². The van der Waals surface area contributed by atoms with Gasteiger partial charge in [0.2, 0.25) is 11.8 Å². The van der Waals surface area contributed by atoms with E-state index in [1.807, 2.05) is 7.05 Å². The second-order valence-corrected chi connectivity index (χ2v) is 5.07. The minimum absolute atomic E-state index is 0.00128. The molecule has 2 aliphatic rings. The Morgan fingerprint density at radius 1 is 1.35 bits per heavy atom. The average molecular weight is 239 g/mol. The molecule has 2 saturated heterocycles. The van der Waals surface area contributed by atoms with Crippen molar-refractivity contribution >= 4 is 11.8 Å². The van der Waals surface area contributed by atoms with E-state index in [9.17, 15) is 9.59 Å². The summed E-state index contributed by atoms with van der Waals surface area (Å²) in [6, 6.07) is -0.283. The van der Waals surface area contributed by atoms with E-state index >= 15 is 0 Å². The second kappa shape index (κ2) is 5.49. The Kier molecular flexibility index (Phi) is 3.99. The molecule has 2 rings (SSSR count). The maximum Gasteiger partial charge on any atom is 0.244 e. The highest BCUT2D eigenvalue weighted by Crippen LogP contribution is 2.15. The summed E-state index contributed by atoms with van der Waals surface area (Å²) in [7, 11) is 1.84. The Labute approximate surface area is 102 Å². The second-order valence-electron chi connectivity index (χ2n) is 5.07. The van der Waals surface area contributed by atoms with Gasteiger partial charge in [-0.2, -0.15) is 0 Å². The van der Waals surface area contributed by atoms with Crippen molar-refractivity contribution < 1.29 is 9.59 Å². The lowest BCUT2D eigenvalue weighted by molar-refractivity contribution is -0.133. The fraction of sp³-hybridized carbons (Fsp3) is 0.833. The number of carbonyl (C=O) groups excluding carboxylic acids is 2. The van der Waals surface area contributed by atoms with Crippen LogP contribution in [0.5, 0.6) is 0 Å². The molecule has 2 N–H and O–H groups in total. The number of likely N-dealkylation sites (N-methyl/N-ethyl adjacent to an activating group) is 1. The van der Waals surface area contributed by atoms with Crippen LogP contribution in [0, 0.1) is 5.92 Å². The van der Waals surface area contributed by atoms with Gasteiger partial charge >= 0.3 is 0 Å². The predicted octanol–water partition coefficient (Wildman–Crippen LogP) is -0.277. The van der Waals surface area contributed by atoms with Gasteiger partial charge in [-0.05, 0) is 38.3 Å². The van der Waals surface area contributed by atoms with E-state index in [1.165, 1.54) is 0 Å². The molecular formula is C12H21N3O2. The molecule has 5 heteroatoms. The van der Waals surface area contributed by atoms with Crippen LogP contribution in [-0.2, 0) is 9.59 Å². The van der Waals surface area contributed by atoms with Crippen molar-refractivity contribution in [1.29, 1.82) is 0 Å². The van der Waals surface area contributed by atoms with Crippen molar-refractivity contribution in [3.05, 3.63) is 0 Å². The quantitative estimate of drug-likeness (QED) is 0.712. The van der Waals surface area contributed by atoms with E-state index in [-0.39, 0.29) is 17.9 Å². The Bertz CT molecular complexity index is 300. The highest BCUT2D eigenvalue weighted by molar-refractivity contribution is 5.90. The van der Waals surface area contributed by atoms with Crippen molar-refractivity contribution in [3.8, 4) is 0 Å². The molecule has 0 aromatic carbocycles. The maximum absolute atomic E-state index is 12.1. The first kappa shape index (κ1) is 12.4. The monoisotopic (exact) mass is 239 g/mol. The van der Waals surface area contributed by atoms with Gasteiger partial charge in [0.1, 0.15) is 6.04 Å². The summed E-state index contributed by atoms with van der Waals surface area (Å²) < 4.78 is 0. The Morgan fingerprint density at radius 3 is 2.65 bits per heavy atom. The lowest BCUT2D eigenvalue weighted by Gasteiger charge is -2.28. The molecule has 0 saturated carbocycles. The third-order valence-electron chi connectivity index (χ3n) is 3.66. The highest BCUT2D eigenvalue weighted by atomic mass is 16.2. The number of hydrogen-bond acceptors (Lipinski definition) is 3. The molecule has 0 aliphatic carbocycles. The number of amides is 2. The summed E-state index contributed by atoms with van der Waals surface area (Å²) >= 11 is 0. The molecule has 2 amide bonds. The van der Waals surface area contributed by atoms with Crippen molar-refractivity contribution in [1.82, 2.24) is 15.5 Å². The van der Waals surface area contributed by atoms with Gasteiger partial charge in [0.15, 0.2) is 0 Å². The molecule has 2 fully saturated rings. The number of rotatable bonds is 3. The molecule has 2 heterocycles. The number of nitrogens with one attached hydrogen (secondary N) is 2. The molecule has 0 aromatic heterocycles. The summed E-state index contributed by atoms with van der Waals surface area (Å²) in [4.78, 5) is 24.9. The number of hydrogen-bond donors (Lipinski definition) is 2. The first-order valence-electron chi connectivity index (χ1n) is 6.42. The maximum atomic E-state index is 12.1. The van der Waals surface area contributed by atoms with Crippen LogP contribution in [0.4, 0.5) is 0 Å². The molecule has 1 unspecified atom stereocenters. The first-order chi connectivity index (χ1) is 8.16. The molecular weight excluding hydrogens is 218 g/mol. The molecule has 2 aliphatic heterocycles. The lowest BCUT2D eigenvalue weighted by Crippen LogP contribution is -2.45. The summed E-state index contributed by atoms with van der Waals surface area (Å²) in [5.41, 5.74) is 0. The zero-order valence-electron chi connectivity index (χ0n) is 10.4. The molecule has 5 nitrogen and oxygen atoms in total. The van der Waals surface area contributed by atoms with E-state index in [4.69, 9.17) is 0 Å². The van der Waals surface area contributed by atoms with Crippen LogP contribution in [0.3, 0.4) is 0 Å². The summed E-state index contributed by atoms with van der Waals surface area (Å²) in [6.45, 7) is 2.91. The van der Waals surface area contributed by atoms with Crippen LogP contribution < -0.4 is 10.6 Å². The fourth-order valence-corrected chi connectivity index (χ4v) is 2.61. The standard InChI is InChI=1S/C12H21N3O2/c1-15(8-9-4-6-13-7-5-9)12(17)10-2-3-11(16)14-10/h9-10,13H,2-8H2,1H3,(H,14,16). The molecule has 17 heavy (non-hydrogen) atoms. The Balaban J connectivity index is 1.80. The van der Waals surface area contributed by atoms with Crippen molar-refractivity contribution in [2.24, 2.45) is 5.92 Å². The highest BCUT2D eigenvalue weighted by Gasteiger charge is 2.30. The van der Waals surface area contributed by atoms with Gasteiger partial charge in [0.05, 0.1) is 0 Å². The summed E-state index contributed by atoms with van der Waals surface area (Å²) in [6.07, 6.45) is 3.40. The minimum atomic E-state index is -0.283. The van der Waals surface area contributed by atoms with Crippen molar-refractivity contribution in [2.75, 3.05) is 26.7 Å². The van der Waals surface area contributed by atoms with Gasteiger partial charge in [-0.3, -0.25) is 9.59 Å². The molecule has 0 radical (unpaired) electrons. The van der Waals surface area contributed by atoms with Crippen molar-refractivity contribution in [2.45, 2.75) is 31.7 Å². The van der Waals surface area contributed by atoms with Gasteiger partial charge in [-0.1, -0.05) is 0 Å². The van der Waals surface area contributed by atoms with E-state index in [2.05, 4.69) is 10.6 Å². The van der Waals surface area contributed by atoms with Gasteiger partial charge < -0.3 is 15.5 Å². The Hall–Kier alpha value is -1.10. The van der Waals surface area contributed by atoms with Crippen LogP contribution in [0.25, 0.3) is 0 Å². The molecule has 0 spiro atoms. The normalized spacial score (nSPS) is 25.7. The van der Waals surface area contributed by atoms with E-state index in [0.717, 1.165) is 32.5 Å². The lowest BCUT2D eigenvalue weighted by atomic mass is 9.97. The largest absolute Gasteiger partial charge is 0.344 e.